The average molecular weight is 421 g/mol. The molecule has 0 bridgehead atoms. The van der Waals surface area contributed by atoms with E-state index in [0.717, 1.165) is 61.1 Å². The summed E-state index contributed by atoms with van der Waals surface area (Å²) in [6.07, 6.45) is 8.42. The lowest BCUT2D eigenvalue weighted by Crippen LogP contribution is -2.49. The number of morpholine rings is 1. The van der Waals surface area contributed by atoms with Gasteiger partial charge in [-0.15, -0.1) is 0 Å². The third-order valence-electron chi connectivity index (χ3n) is 7.09. The lowest BCUT2D eigenvalue weighted by molar-refractivity contribution is -0.125. The molecule has 1 aliphatic carbocycles. The first-order valence-electron chi connectivity index (χ1n) is 11.7. The molecule has 2 saturated heterocycles. The summed E-state index contributed by atoms with van der Waals surface area (Å²) in [4.78, 5) is 22.7. The maximum atomic E-state index is 11.1. The van der Waals surface area contributed by atoms with Crippen molar-refractivity contribution < 1.29 is 9.53 Å². The highest BCUT2D eigenvalue weighted by molar-refractivity contribution is 5.64. The molecule has 6 heteroatoms. The third-order valence-corrected chi connectivity index (χ3v) is 7.09. The van der Waals surface area contributed by atoms with E-state index < -0.39 is 0 Å². The molecule has 1 atom stereocenters. The van der Waals surface area contributed by atoms with Gasteiger partial charge >= 0.3 is 0 Å². The lowest BCUT2D eigenvalue weighted by Gasteiger charge is -2.38. The molecule has 1 saturated carbocycles. The van der Waals surface area contributed by atoms with Crippen LogP contribution in [-0.4, -0.2) is 73.1 Å². The molecule has 31 heavy (non-hydrogen) atoms. The smallest absolute Gasteiger partial charge is 0.209 e. The van der Waals surface area contributed by atoms with Crippen molar-refractivity contribution in [3.8, 4) is 11.1 Å². The molecular weight excluding hydrogens is 388 g/mol. The van der Waals surface area contributed by atoms with Crippen molar-refractivity contribution in [2.45, 2.75) is 37.8 Å². The second kappa shape index (κ2) is 9.37. The van der Waals surface area contributed by atoms with Gasteiger partial charge < -0.3 is 14.5 Å². The first-order chi connectivity index (χ1) is 15.3. The Bertz CT molecular complexity index is 856. The number of amides is 1. The van der Waals surface area contributed by atoms with E-state index in [1.165, 1.54) is 25.7 Å². The number of nitrogens with zero attached hydrogens (tertiary/aromatic N) is 4. The van der Waals surface area contributed by atoms with Gasteiger partial charge in [0.15, 0.2) is 0 Å². The van der Waals surface area contributed by atoms with Crippen LogP contribution < -0.4 is 4.90 Å². The van der Waals surface area contributed by atoms with Crippen molar-refractivity contribution in [3.63, 3.8) is 0 Å². The van der Waals surface area contributed by atoms with Gasteiger partial charge in [-0.05, 0) is 36.1 Å². The van der Waals surface area contributed by atoms with Crippen LogP contribution in [0.15, 0.2) is 42.6 Å². The van der Waals surface area contributed by atoms with Crippen molar-refractivity contribution >= 4 is 12.2 Å². The second-order valence-electron chi connectivity index (χ2n) is 8.95. The molecular formula is C25H32N4O2. The van der Waals surface area contributed by atoms with Gasteiger partial charge in [0.05, 0.1) is 13.2 Å². The fourth-order valence-electron chi connectivity index (χ4n) is 5.19. The van der Waals surface area contributed by atoms with Gasteiger partial charge in [0, 0.05) is 50.5 Å². The van der Waals surface area contributed by atoms with E-state index >= 15 is 0 Å². The Hall–Kier alpha value is -2.44. The SMILES string of the molecule is O=CN1CCOC(c2ccc(-c3ccc(N4CCN(C5CCCC5)CC4)nc3)cc2)C1. The summed E-state index contributed by atoms with van der Waals surface area (Å²) in [6, 6.07) is 13.6. The zero-order valence-corrected chi connectivity index (χ0v) is 18.2. The van der Waals surface area contributed by atoms with Gasteiger partial charge in [-0.3, -0.25) is 9.69 Å². The molecule has 2 aliphatic heterocycles. The molecule has 2 aromatic rings. The summed E-state index contributed by atoms with van der Waals surface area (Å²) in [5.41, 5.74) is 3.39. The zero-order chi connectivity index (χ0) is 21.0. The van der Waals surface area contributed by atoms with E-state index in [4.69, 9.17) is 9.72 Å². The molecule has 1 amide bonds. The average Bonchev–Trinajstić information content (AvgIpc) is 3.40. The minimum Gasteiger partial charge on any atom is -0.370 e. The van der Waals surface area contributed by atoms with Crippen LogP contribution in [0.5, 0.6) is 0 Å². The van der Waals surface area contributed by atoms with E-state index in [0.29, 0.717) is 19.7 Å². The Morgan fingerprint density at radius 3 is 2.32 bits per heavy atom. The van der Waals surface area contributed by atoms with Crippen LogP contribution in [0.4, 0.5) is 5.82 Å². The highest BCUT2D eigenvalue weighted by Crippen LogP contribution is 2.28. The third kappa shape index (κ3) is 4.60. The number of pyridine rings is 1. The van der Waals surface area contributed by atoms with Crippen LogP contribution in [-0.2, 0) is 9.53 Å². The Labute approximate surface area is 184 Å². The Morgan fingerprint density at radius 2 is 1.65 bits per heavy atom. The summed E-state index contributed by atoms with van der Waals surface area (Å²) in [7, 11) is 0. The summed E-state index contributed by atoms with van der Waals surface area (Å²) in [5, 5.41) is 0. The number of carbonyl (C=O) groups is 1. The molecule has 0 spiro atoms. The predicted molar refractivity (Wildman–Crippen MR) is 122 cm³/mol. The number of hydrogen-bond acceptors (Lipinski definition) is 5. The van der Waals surface area contributed by atoms with Crippen LogP contribution in [0.1, 0.15) is 37.4 Å². The molecule has 6 nitrogen and oxygen atoms in total. The maximum Gasteiger partial charge on any atom is 0.209 e. The van der Waals surface area contributed by atoms with Crippen molar-refractivity contribution in [1.82, 2.24) is 14.8 Å². The van der Waals surface area contributed by atoms with Gasteiger partial charge in [0.25, 0.3) is 0 Å². The number of hydrogen-bond donors (Lipinski definition) is 0. The standard InChI is InChI=1S/C25H32N4O2/c30-19-27-15-16-31-24(18-27)21-7-5-20(6-8-21)22-9-10-25(26-17-22)29-13-11-28(12-14-29)23-3-1-2-4-23/h5-10,17,19,23-24H,1-4,11-16,18H2. The highest BCUT2D eigenvalue weighted by Gasteiger charge is 2.26. The molecule has 3 heterocycles. The van der Waals surface area contributed by atoms with E-state index in [2.05, 4.69) is 46.2 Å². The molecule has 3 fully saturated rings. The number of benzene rings is 1. The first-order valence-corrected chi connectivity index (χ1v) is 11.7. The van der Waals surface area contributed by atoms with E-state index in [1.54, 1.807) is 4.90 Å². The molecule has 1 unspecified atom stereocenters. The first kappa shape index (κ1) is 20.5. The Morgan fingerprint density at radius 1 is 0.903 bits per heavy atom. The fourth-order valence-corrected chi connectivity index (χ4v) is 5.19. The Kier molecular flexibility index (Phi) is 6.18. The van der Waals surface area contributed by atoms with Gasteiger partial charge in [0.2, 0.25) is 6.41 Å². The topological polar surface area (TPSA) is 48.9 Å². The Balaban J connectivity index is 1.19. The molecule has 1 aromatic carbocycles. The van der Waals surface area contributed by atoms with Gasteiger partial charge in [-0.1, -0.05) is 37.1 Å². The molecule has 0 N–H and O–H groups in total. The molecule has 164 valence electrons. The summed E-state index contributed by atoms with van der Waals surface area (Å²) in [6.45, 7) is 6.32. The number of piperazine rings is 1. The number of ether oxygens (including phenoxy) is 1. The predicted octanol–water partition coefficient (Wildman–Crippen LogP) is 3.34. The van der Waals surface area contributed by atoms with Crippen molar-refractivity contribution in [2.75, 3.05) is 50.8 Å². The van der Waals surface area contributed by atoms with Gasteiger partial charge in [-0.25, -0.2) is 4.98 Å². The quantitative estimate of drug-likeness (QED) is 0.695. The van der Waals surface area contributed by atoms with Crippen LogP contribution in [0.2, 0.25) is 0 Å². The minimum atomic E-state index is -0.0450. The minimum absolute atomic E-state index is 0.0450. The summed E-state index contributed by atoms with van der Waals surface area (Å²) >= 11 is 0. The van der Waals surface area contributed by atoms with Crippen molar-refractivity contribution in [2.24, 2.45) is 0 Å². The van der Waals surface area contributed by atoms with Gasteiger partial charge in [0.1, 0.15) is 11.9 Å². The van der Waals surface area contributed by atoms with E-state index in [-0.39, 0.29) is 6.10 Å². The largest absolute Gasteiger partial charge is 0.370 e. The van der Waals surface area contributed by atoms with Crippen molar-refractivity contribution in [3.05, 3.63) is 48.2 Å². The monoisotopic (exact) mass is 420 g/mol. The zero-order valence-electron chi connectivity index (χ0n) is 18.2. The van der Waals surface area contributed by atoms with Crippen LogP contribution in [0.3, 0.4) is 0 Å². The molecule has 0 radical (unpaired) electrons. The number of anilines is 1. The number of carbonyl (C=O) groups excluding carboxylic acids is 1. The lowest BCUT2D eigenvalue weighted by atomic mass is 10.0. The van der Waals surface area contributed by atoms with Crippen molar-refractivity contribution in [1.29, 1.82) is 0 Å². The van der Waals surface area contributed by atoms with E-state index in [9.17, 15) is 4.79 Å². The number of aromatic nitrogens is 1. The van der Waals surface area contributed by atoms with Gasteiger partial charge in [-0.2, -0.15) is 0 Å². The summed E-state index contributed by atoms with van der Waals surface area (Å²) < 4.78 is 5.84. The summed E-state index contributed by atoms with van der Waals surface area (Å²) in [5.74, 6) is 1.08. The maximum absolute atomic E-state index is 11.1. The van der Waals surface area contributed by atoms with Crippen LogP contribution in [0.25, 0.3) is 11.1 Å². The van der Waals surface area contributed by atoms with E-state index in [1.807, 2.05) is 6.20 Å². The van der Waals surface area contributed by atoms with Crippen LogP contribution in [0, 0.1) is 0 Å². The highest BCUT2D eigenvalue weighted by atomic mass is 16.5. The fraction of sp³-hybridized carbons (Fsp3) is 0.520. The second-order valence-corrected chi connectivity index (χ2v) is 8.95. The number of rotatable bonds is 5. The molecule has 1 aromatic heterocycles. The normalized spacial score (nSPS) is 23.3. The molecule has 5 rings (SSSR count). The molecule has 3 aliphatic rings. The van der Waals surface area contributed by atoms with Crippen LogP contribution >= 0.6 is 0 Å².